The molecule has 1 aliphatic heterocycles. The Bertz CT molecular complexity index is 920. The van der Waals surface area contributed by atoms with E-state index in [-0.39, 0.29) is 11.8 Å². The van der Waals surface area contributed by atoms with Crippen molar-refractivity contribution in [3.05, 3.63) is 53.1 Å². The Kier molecular flexibility index (Phi) is 6.26. The average molecular weight is 395 g/mol. The fraction of sp³-hybridized carbons (Fsp3) is 0.417. The number of ether oxygens (including phenoxy) is 1. The van der Waals surface area contributed by atoms with Crippen LogP contribution in [0.5, 0.6) is 5.75 Å². The maximum Gasteiger partial charge on any atom is 0.265 e. The van der Waals surface area contributed by atoms with Gasteiger partial charge in [-0.05, 0) is 74.1 Å². The lowest BCUT2D eigenvalue weighted by molar-refractivity contribution is -0.122. The number of carbonyl (C=O) groups is 2. The second kappa shape index (κ2) is 8.68. The lowest BCUT2D eigenvalue weighted by atomic mass is 10.0. The molecule has 0 aromatic heterocycles. The highest BCUT2D eigenvalue weighted by atomic mass is 16.5. The number of carbonyl (C=O) groups excluding carboxylic acids is 2. The fourth-order valence-electron chi connectivity index (χ4n) is 3.65. The molecule has 0 spiro atoms. The number of rotatable bonds is 6. The summed E-state index contributed by atoms with van der Waals surface area (Å²) >= 11 is 0. The molecule has 1 heterocycles. The average Bonchev–Trinajstić information content (AvgIpc) is 3.07. The smallest absolute Gasteiger partial charge is 0.265 e. The van der Waals surface area contributed by atoms with Crippen molar-refractivity contribution >= 4 is 23.2 Å². The summed E-state index contributed by atoms with van der Waals surface area (Å²) in [6.07, 6.45) is 0.863. The van der Waals surface area contributed by atoms with Crippen LogP contribution in [0.4, 0.5) is 11.4 Å². The number of nitrogens with zero attached hydrogens (tertiary/aromatic N) is 1. The van der Waals surface area contributed by atoms with Crippen molar-refractivity contribution in [1.29, 1.82) is 0 Å². The second-order valence-electron chi connectivity index (χ2n) is 8.10. The van der Waals surface area contributed by atoms with Crippen LogP contribution in [0, 0.1) is 13.8 Å². The number of hydrogen-bond donors (Lipinski definition) is 1. The van der Waals surface area contributed by atoms with Crippen molar-refractivity contribution in [3.8, 4) is 5.75 Å². The molecule has 2 aromatic carbocycles. The zero-order chi connectivity index (χ0) is 21.1. The van der Waals surface area contributed by atoms with E-state index in [4.69, 9.17) is 4.74 Å². The summed E-state index contributed by atoms with van der Waals surface area (Å²) < 4.78 is 6.01. The number of anilines is 2. The van der Waals surface area contributed by atoms with Gasteiger partial charge in [0, 0.05) is 24.3 Å². The van der Waals surface area contributed by atoms with E-state index in [9.17, 15) is 9.59 Å². The molecule has 0 aliphatic carbocycles. The van der Waals surface area contributed by atoms with Crippen molar-refractivity contribution in [2.45, 2.75) is 59.5 Å². The second-order valence-corrected chi connectivity index (χ2v) is 8.10. The molecule has 0 bridgehead atoms. The molecule has 1 saturated heterocycles. The first-order valence-electron chi connectivity index (χ1n) is 10.3. The molecular formula is C24H30N2O3. The maximum absolute atomic E-state index is 12.7. The molecule has 5 heteroatoms. The minimum Gasteiger partial charge on any atom is -0.481 e. The van der Waals surface area contributed by atoms with E-state index in [0.29, 0.717) is 18.0 Å². The zero-order valence-electron chi connectivity index (χ0n) is 17.9. The van der Waals surface area contributed by atoms with Crippen LogP contribution >= 0.6 is 0 Å². The largest absolute Gasteiger partial charge is 0.481 e. The number of aryl methyl sites for hydroxylation is 2. The third-order valence-electron chi connectivity index (χ3n) is 5.29. The Morgan fingerprint density at radius 3 is 2.48 bits per heavy atom. The minimum absolute atomic E-state index is 0.158. The van der Waals surface area contributed by atoms with E-state index in [0.717, 1.165) is 41.1 Å². The summed E-state index contributed by atoms with van der Waals surface area (Å²) in [7, 11) is 0. The van der Waals surface area contributed by atoms with Gasteiger partial charge in [-0.15, -0.1) is 0 Å². The van der Waals surface area contributed by atoms with E-state index in [1.165, 1.54) is 0 Å². The summed E-state index contributed by atoms with van der Waals surface area (Å²) in [6, 6.07) is 11.7. The SMILES string of the molecule is Cc1ccc(C(C)C)c(OC(C)C(=O)Nc2ccc(N3CCCC3=O)c(C)c2)c1. The quantitative estimate of drug-likeness (QED) is 0.753. The van der Waals surface area contributed by atoms with Gasteiger partial charge >= 0.3 is 0 Å². The van der Waals surface area contributed by atoms with Gasteiger partial charge in [0.05, 0.1) is 0 Å². The molecule has 1 unspecified atom stereocenters. The summed E-state index contributed by atoms with van der Waals surface area (Å²) in [5.74, 6) is 1.02. The Balaban J connectivity index is 1.69. The first-order valence-corrected chi connectivity index (χ1v) is 10.3. The van der Waals surface area contributed by atoms with Crippen molar-refractivity contribution in [2.24, 2.45) is 0 Å². The third kappa shape index (κ3) is 4.78. The predicted octanol–water partition coefficient (Wildman–Crippen LogP) is 4.96. The summed E-state index contributed by atoms with van der Waals surface area (Å²) in [5.41, 5.74) is 4.76. The predicted molar refractivity (Wildman–Crippen MR) is 117 cm³/mol. The van der Waals surface area contributed by atoms with Crippen molar-refractivity contribution < 1.29 is 14.3 Å². The highest BCUT2D eigenvalue weighted by Crippen LogP contribution is 2.29. The standard InChI is InChI=1S/C24H30N2O3/c1-15(2)20-10-8-16(3)13-22(20)29-18(5)24(28)25-19-9-11-21(17(4)14-19)26-12-6-7-23(26)27/h8-11,13-15,18H,6-7,12H2,1-5H3,(H,25,28). The van der Waals surface area contributed by atoms with Gasteiger partial charge in [0.25, 0.3) is 5.91 Å². The topological polar surface area (TPSA) is 58.6 Å². The van der Waals surface area contributed by atoms with Crippen LogP contribution in [0.2, 0.25) is 0 Å². The monoisotopic (exact) mass is 394 g/mol. The number of benzene rings is 2. The van der Waals surface area contributed by atoms with Crippen LogP contribution in [0.15, 0.2) is 36.4 Å². The van der Waals surface area contributed by atoms with E-state index in [1.54, 1.807) is 6.92 Å². The zero-order valence-corrected chi connectivity index (χ0v) is 17.9. The first kappa shape index (κ1) is 20.9. The summed E-state index contributed by atoms with van der Waals surface area (Å²) in [6.45, 7) is 10.7. The molecule has 29 heavy (non-hydrogen) atoms. The molecule has 154 valence electrons. The number of hydrogen-bond acceptors (Lipinski definition) is 3. The minimum atomic E-state index is -0.630. The van der Waals surface area contributed by atoms with Crippen molar-refractivity contribution in [1.82, 2.24) is 0 Å². The number of amides is 2. The lowest BCUT2D eigenvalue weighted by Crippen LogP contribution is -2.30. The molecule has 2 amide bonds. The Morgan fingerprint density at radius 2 is 1.86 bits per heavy atom. The van der Waals surface area contributed by atoms with Gasteiger partial charge < -0.3 is 15.0 Å². The molecule has 1 atom stereocenters. The molecule has 3 rings (SSSR count). The van der Waals surface area contributed by atoms with Crippen molar-refractivity contribution in [2.75, 3.05) is 16.8 Å². The van der Waals surface area contributed by atoms with Crippen LogP contribution < -0.4 is 15.0 Å². The van der Waals surface area contributed by atoms with Crippen molar-refractivity contribution in [3.63, 3.8) is 0 Å². The van der Waals surface area contributed by atoms with Crippen LogP contribution in [0.3, 0.4) is 0 Å². The van der Waals surface area contributed by atoms with Crippen LogP contribution in [-0.4, -0.2) is 24.5 Å². The number of nitrogens with one attached hydrogen (secondary N) is 1. The highest BCUT2D eigenvalue weighted by molar-refractivity contribution is 5.97. The Labute approximate surface area is 173 Å². The molecule has 1 aliphatic rings. The van der Waals surface area contributed by atoms with Gasteiger partial charge in [-0.3, -0.25) is 9.59 Å². The van der Waals surface area contributed by atoms with Crippen LogP contribution in [-0.2, 0) is 9.59 Å². The maximum atomic E-state index is 12.7. The van der Waals surface area contributed by atoms with Gasteiger partial charge in [-0.1, -0.05) is 26.0 Å². The Morgan fingerprint density at radius 1 is 1.10 bits per heavy atom. The summed E-state index contributed by atoms with van der Waals surface area (Å²) in [4.78, 5) is 26.5. The third-order valence-corrected chi connectivity index (χ3v) is 5.29. The summed E-state index contributed by atoms with van der Waals surface area (Å²) in [5, 5.41) is 2.93. The first-order chi connectivity index (χ1) is 13.8. The van der Waals surface area contributed by atoms with Crippen LogP contribution in [0.1, 0.15) is 56.2 Å². The normalized spacial score (nSPS) is 15.0. The molecule has 2 aromatic rings. The molecule has 1 N–H and O–H groups in total. The molecular weight excluding hydrogens is 364 g/mol. The van der Waals surface area contributed by atoms with E-state index in [1.807, 2.05) is 43.0 Å². The van der Waals surface area contributed by atoms with Gasteiger partial charge in [0.2, 0.25) is 5.91 Å². The van der Waals surface area contributed by atoms with Gasteiger partial charge in [-0.25, -0.2) is 0 Å². The molecule has 5 nitrogen and oxygen atoms in total. The van der Waals surface area contributed by atoms with E-state index < -0.39 is 6.10 Å². The van der Waals surface area contributed by atoms with Gasteiger partial charge in [-0.2, -0.15) is 0 Å². The van der Waals surface area contributed by atoms with E-state index in [2.05, 4.69) is 31.3 Å². The van der Waals surface area contributed by atoms with Gasteiger partial charge in [0.1, 0.15) is 5.75 Å². The van der Waals surface area contributed by atoms with E-state index >= 15 is 0 Å². The highest BCUT2D eigenvalue weighted by Gasteiger charge is 2.23. The Hall–Kier alpha value is -2.82. The molecule has 1 fully saturated rings. The lowest BCUT2D eigenvalue weighted by Gasteiger charge is -2.21. The fourth-order valence-corrected chi connectivity index (χ4v) is 3.65. The molecule has 0 saturated carbocycles. The van der Waals surface area contributed by atoms with Gasteiger partial charge in [0.15, 0.2) is 6.10 Å². The molecule has 0 radical (unpaired) electrons. The van der Waals surface area contributed by atoms with Crippen LogP contribution in [0.25, 0.3) is 0 Å².